The Balaban J connectivity index is 1.91. The van der Waals surface area contributed by atoms with Gasteiger partial charge in [-0.25, -0.2) is 4.68 Å². The molecule has 0 saturated heterocycles. The first-order valence-corrected chi connectivity index (χ1v) is 9.32. The van der Waals surface area contributed by atoms with E-state index in [9.17, 15) is 8.42 Å². The summed E-state index contributed by atoms with van der Waals surface area (Å²) >= 11 is 0. The number of rotatable bonds is 4. The lowest BCUT2D eigenvalue weighted by Gasteiger charge is -2.12. The topological polar surface area (TPSA) is 61.2 Å². The molecule has 0 aliphatic rings. The fourth-order valence-electron chi connectivity index (χ4n) is 2.62. The van der Waals surface area contributed by atoms with Gasteiger partial charge in [0.05, 0.1) is 11.4 Å². The van der Waals surface area contributed by atoms with Crippen LogP contribution in [-0.2, 0) is 10.1 Å². The monoisotopic (exact) mass is 356 g/mol. The Bertz CT molecular complexity index is 1020. The van der Waals surface area contributed by atoms with Crippen LogP contribution in [0, 0.1) is 27.7 Å². The number of benzene rings is 2. The molecule has 1 aromatic heterocycles. The summed E-state index contributed by atoms with van der Waals surface area (Å²) in [5, 5.41) is 4.44. The fourth-order valence-corrected chi connectivity index (χ4v) is 3.61. The molecule has 6 heteroatoms. The van der Waals surface area contributed by atoms with Crippen molar-refractivity contribution in [2.24, 2.45) is 0 Å². The van der Waals surface area contributed by atoms with Gasteiger partial charge in [0.1, 0.15) is 10.6 Å². The predicted molar refractivity (Wildman–Crippen MR) is 96.8 cm³/mol. The summed E-state index contributed by atoms with van der Waals surface area (Å²) in [4.78, 5) is 0.139. The van der Waals surface area contributed by atoms with Crippen molar-refractivity contribution in [1.29, 1.82) is 0 Å². The van der Waals surface area contributed by atoms with Crippen LogP contribution in [0.5, 0.6) is 5.75 Å². The van der Waals surface area contributed by atoms with Gasteiger partial charge < -0.3 is 4.18 Å². The molecule has 5 nitrogen and oxygen atoms in total. The second kappa shape index (κ2) is 6.37. The number of hydrogen-bond donors (Lipinski definition) is 0. The maximum absolute atomic E-state index is 12.4. The largest absolute Gasteiger partial charge is 0.379 e. The molecule has 2 aromatic carbocycles. The Kier molecular flexibility index (Phi) is 4.39. The fraction of sp³-hybridized carbons (Fsp3) is 0.211. The van der Waals surface area contributed by atoms with Crippen LogP contribution in [0.2, 0.25) is 0 Å². The molecule has 3 rings (SSSR count). The SMILES string of the molecule is Cc1ccc(S(=O)(=O)Oc2ccc(-n3nc(C)cc3C)cc2C)cc1. The van der Waals surface area contributed by atoms with E-state index in [0.717, 1.165) is 28.2 Å². The van der Waals surface area contributed by atoms with Gasteiger partial charge in [0.25, 0.3) is 0 Å². The van der Waals surface area contributed by atoms with E-state index in [1.165, 1.54) is 0 Å². The number of aromatic nitrogens is 2. The minimum atomic E-state index is -3.86. The number of hydrogen-bond acceptors (Lipinski definition) is 4. The summed E-state index contributed by atoms with van der Waals surface area (Å²) in [5.74, 6) is 0.311. The van der Waals surface area contributed by atoms with E-state index < -0.39 is 10.1 Å². The molecule has 0 bridgehead atoms. The van der Waals surface area contributed by atoms with E-state index in [1.54, 1.807) is 36.4 Å². The second-order valence-electron chi connectivity index (χ2n) is 6.14. The van der Waals surface area contributed by atoms with Gasteiger partial charge in [0.2, 0.25) is 0 Å². The first-order chi connectivity index (χ1) is 11.8. The quantitative estimate of drug-likeness (QED) is 0.666. The third-order valence-corrected chi connectivity index (χ3v) is 5.17. The summed E-state index contributed by atoms with van der Waals surface area (Å²) in [6.45, 7) is 7.62. The molecule has 0 N–H and O–H groups in total. The van der Waals surface area contributed by atoms with Gasteiger partial charge in [0.15, 0.2) is 0 Å². The van der Waals surface area contributed by atoms with Crippen molar-refractivity contribution in [3.8, 4) is 11.4 Å². The first kappa shape index (κ1) is 17.2. The van der Waals surface area contributed by atoms with Crippen molar-refractivity contribution in [3.05, 3.63) is 71.0 Å². The number of nitrogens with zero attached hydrogens (tertiary/aromatic N) is 2. The molecular weight excluding hydrogens is 336 g/mol. The minimum absolute atomic E-state index is 0.139. The van der Waals surface area contributed by atoms with Crippen LogP contribution >= 0.6 is 0 Å². The van der Waals surface area contributed by atoms with Crippen LogP contribution in [0.3, 0.4) is 0 Å². The van der Waals surface area contributed by atoms with Crippen molar-refractivity contribution in [2.75, 3.05) is 0 Å². The average Bonchev–Trinajstić information content (AvgIpc) is 2.88. The molecule has 0 atom stereocenters. The molecule has 0 aliphatic heterocycles. The Labute approximate surface area is 148 Å². The van der Waals surface area contributed by atoms with Gasteiger partial charge in [-0.15, -0.1) is 0 Å². The zero-order valence-electron chi connectivity index (χ0n) is 14.6. The summed E-state index contributed by atoms with van der Waals surface area (Å²) < 4.78 is 32.0. The van der Waals surface area contributed by atoms with Crippen molar-refractivity contribution in [3.63, 3.8) is 0 Å². The van der Waals surface area contributed by atoms with E-state index in [1.807, 2.05) is 44.5 Å². The molecule has 0 aliphatic carbocycles. The molecule has 25 heavy (non-hydrogen) atoms. The van der Waals surface area contributed by atoms with Crippen LogP contribution in [0.4, 0.5) is 0 Å². The smallest absolute Gasteiger partial charge is 0.339 e. The molecule has 0 unspecified atom stereocenters. The van der Waals surface area contributed by atoms with E-state index in [-0.39, 0.29) is 4.90 Å². The summed E-state index contributed by atoms with van der Waals surface area (Å²) in [6, 6.07) is 13.9. The lowest BCUT2D eigenvalue weighted by molar-refractivity contribution is 0.484. The Morgan fingerprint density at radius 3 is 2.16 bits per heavy atom. The molecule has 0 radical (unpaired) electrons. The van der Waals surface area contributed by atoms with Crippen LogP contribution < -0.4 is 4.18 Å². The first-order valence-electron chi connectivity index (χ1n) is 7.92. The summed E-state index contributed by atoms with van der Waals surface area (Å²) in [6.07, 6.45) is 0. The second-order valence-corrected chi connectivity index (χ2v) is 7.69. The highest BCUT2D eigenvalue weighted by Crippen LogP contribution is 2.25. The summed E-state index contributed by atoms with van der Waals surface area (Å²) in [7, 11) is -3.86. The highest BCUT2D eigenvalue weighted by Gasteiger charge is 2.18. The van der Waals surface area contributed by atoms with Gasteiger partial charge in [-0.3, -0.25) is 0 Å². The molecule has 0 saturated carbocycles. The molecule has 0 fully saturated rings. The van der Waals surface area contributed by atoms with E-state index in [4.69, 9.17) is 4.18 Å². The van der Waals surface area contributed by atoms with Gasteiger partial charge in [-0.2, -0.15) is 13.5 Å². The van der Waals surface area contributed by atoms with Crippen LogP contribution in [-0.4, -0.2) is 18.2 Å². The Morgan fingerprint density at radius 1 is 0.920 bits per heavy atom. The van der Waals surface area contributed by atoms with E-state index in [2.05, 4.69) is 5.10 Å². The lowest BCUT2D eigenvalue weighted by Crippen LogP contribution is -2.11. The van der Waals surface area contributed by atoms with Crippen molar-refractivity contribution in [1.82, 2.24) is 9.78 Å². The van der Waals surface area contributed by atoms with E-state index in [0.29, 0.717) is 5.75 Å². The van der Waals surface area contributed by atoms with Crippen molar-refractivity contribution in [2.45, 2.75) is 32.6 Å². The Hall–Kier alpha value is -2.60. The van der Waals surface area contributed by atoms with Crippen LogP contribution in [0.1, 0.15) is 22.5 Å². The third kappa shape index (κ3) is 3.58. The number of aryl methyl sites for hydroxylation is 4. The Morgan fingerprint density at radius 2 is 1.60 bits per heavy atom. The van der Waals surface area contributed by atoms with Gasteiger partial charge >= 0.3 is 10.1 Å². The zero-order valence-corrected chi connectivity index (χ0v) is 15.5. The maximum Gasteiger partial charge on any atom is 0.339 e. The standard InChI is InChI=1S/C19H20N2O3S/c1-13-5-8-18(9-6-13)25(22,23)24-19-10-7-17(11-14(19)2)21-16(4)12-15(3)20-21/h5-12H,1-4H3. The molecule has 1 heterocycles. The highest BCUT2D eigenvalue weighted by atomic mass is 32.2. The van der Waals surface area contributed by atoms with Crippen LogP contribution in [0.15, 0.2) is 53.4 Å². The predicted octanol–water partition coefficient (Wildman–Crippen LogP) is 3.87. The third-order valence-electron chi connectivity index (χ3n) is 3.92. The van der Waals surface area contributed by atoms with E-state index >= 15 is 0 Å². The lowest BCUT2D eigenvalue weighted by atomic mass is 10.2. The van der Waals surface area contributed by atoms with Crippen LogP contribution in [0.25, 0.3) is 5.69 Å². The zero-order chi connectivity index (χ0) is 18.2. The minimum Gasteiger partial charge on any atom is -0.379 e. The molecule has 0 spiro atoms. The van der Waals surface area contributed by atoms with Gasteiger partial charge in [-0.05, 0) is 69.7 Å². The normalized spacial score (nSPS) is 11.5. The molecule has 0 amide bonds. The van der Waals surface area contributed by atoms with Crippen molar-refractivity contribution >= 4 is 10.1 Å². The molecular formula is C19H20N2O3S. The maximum atomic E-state index is 12.4. The average molecular weight is 356 g/mol. The molecule has 3 aromatic rings. The summed E-state index contributed by atoms with van der Waals surface area (Å²) in [5.41, 5.74) is 4.52. The van der Waals surface area contributed by atoms with Crippen molar-refractivity contribution < 1.29 is 12.6 Å². The van der Waals surface area contributed by atoms with Gasteiger partial charge in [0, 0.05) is 5.69 Å². The highest BCUT2D eigenvalue weighted by molar-refractivity contribution is 7.87. The van der Waals surface area contributed by atoms with Gasteiger partial charge in [-0.1, -0.05) is 17.7 Å². The molecule has 130 valence electrons.